The van der Waals surface area contributed by atoms with Crippen LogP contribution < -0.4 is 5.73 Å². The van der Waals surface area contributed by atoms with Gasteiger partial charge in [-0.25, -0.2) is 4.98 Å². The van der Waals surface area contributed by atoms with E-state index >= 15 is 0 Å². The standard InChI is InChI=1S/C16H25N3/c1-5-8-19-15-7-6-12(4)9-14(15)18-16(19)10-13(17)11(2)3/h6-7,9,11,13H,5,8,10,17H2,1-4H3. The Balaban J connectivity index is 2.43. The topological polar surface area (TPSA) is 43.8 Å². The first-order valence-electron chi connectivity index (χ1n) is 7.24. The number of aryl methyl sites for hydroxylation is 2. The molecule has 0 aliphatic rings. The van der Waals surface area contributed by atoms with Crippen molar-refractivity contribution in [2.24, 2.45) is 11.7 Å². The number of nitrogens with zero attached hydrogens (tertiary/aromatic N) is 2. The molecule has 0 bridgehead atoms. The van der Waals surface area contributed by atoms with E-state index in [1.807, 2.05) is 0 Å². The zero-order valence-electron chi connectivity index (χ0n) is 12.5. The summed E-state index contributed by atoms with van der Waals surface area (Å²) in [6.07, 6.45) is 1.97. The fourth-order valence-electron chi connectivity index (χ4n) is 2.37. The summed E-state index contributed by atoms with van der Waals surface area (Å²) in [5.41, 5.74) is 9.80. The summed E-state index contributed by atoms with van der Waals surface area (Å²) in [6.45, 7) is 9.66. The minimum Gasteiger partial charge on any atom is -0.328 e. The first-order valence-corrected chi connectivity index (χ1v) is 7.24. The van der Waals surface area contributed by atoms with Crippen LogP contribution in [0.4, 0.5) is 0 Å². The second kappa shape index (κ2) is 5.74. The second-order valence-corrected chi connectivity index (χ2v) is 5.78. The van der Waals surface area contributed by atoms with Crippen molar-refractivity contribution in [2.45, 2.75) is 53.1 Å². The van der Waals surface area contributed by atoms with Gasteiger partial charge in [0.25, 0.3) is 0 Å². The van der Waals surface area contributed by atoms with Crippen LogP contribution in [0.15, 0.2) is 18.2 Å². The van der Waals surface area contributed by atoms with Crippen LogP contribution in [0.5, 0.6) is 0 Å². The van der Waals surface area contributed by atoms with Gasteiger partial charge in [-0.3, -0.25) is 0 Å². The van der Waals surface area contributed by atoms with Crippen molar-refractivity contribution in [1.82, 2.24) is 9.55 Å². The largest absolute Gasteiger partial charge is 0.328 e. The average Bonchev–Trinajstić information content (AvgIpc) is 2.67. The van der Waals surface area contributed by atoms with Crippen molar-refractivity contribution < 1.29 is 0 Å². The Hall–Kier alpha value is -1.35. The maximum absolute atomic E-state index is 6.21. The van der Waals surface area contributed by atoms with Crippen LogP contribution in [0.1, 0.15) is 38.6 Å². The Labute approximate surface area is 115 Å². The van der Waals surface area contributed by atoms with E-state index in [9.17, 15) is 0 Å². The molecular weight excluding hydrogens is 234 g/mol. The van der Waals surface area contributed by atoms with Crippen LogP contribution in [0, 0.1) is 12.8 Å². The normalized spacial score (nSPS) is 13.4. The van der Waals surface area contributed by atoms with Gasteiger partial charge in [0.2, 0.25) is 0 Å². The van der Waals surface area contributed by atoms with Gasteiger partial charge in [0.1, 0.15) is 5.82 Å². The zero-order chi connectivity index (χ0) is 14.0. The summed E-state index contributed by atoms with van der Waals surface area (Å²) in [7, 11) is 0. The Morgan fingerprint density at radius 2 is 2.05 bits per heavy atom. The molecule has 2 aromatic rings. The van der Waals surface area contributed by atoms with Gasteiger partial charge in [-0.05, 0) is 37.0 Å². The highest BCUT2D eigenvalue weighted by Gasteiger charge is 2.15. The third-order valence-electron chi connectivity index (χ3n) is 3.70. The first-order chi connectivity index (χ1) is 9.02. The molecule has 104 valence electrons. The first kappa shape index (κ1) is 14.1. The number of aromatic nitrogens is 2. The van der Waals surface area contributed by atoms with Gasteiger partial charge < -0.3 is 10.3 Å². The summed E-state index contributed by atoms with van der Waals surface area (Å²) < 4.78 is 2.33. The third-order valence-corrected chi connectivity index (χ3v) is 3.70. The molecule has 0 saturated carbocycles. The molecule has 1 atom stereocenters. The van der Waals surface area contributed by atoms with Gasteiger partial charge in [0, 0.05) is 19.0 Å². The van der Waals surface area contributed by atoms with Crippen LogP contribution in [0.3, 0.4) is 0 Å². The van der Waals surface area contributed by atoms with Gasteiger partial charge in [-0.2, -0.15) is 0 Å². The van der Waals surface area contributed by atoms with Gasteiger partial charge >= 0.3 is 0 Å². The lowest BCUT2D eigenvalue weighted by molar-refractivity contribution is 0.472. The van der Waals surface area contributed by atoms with Gasteiger partial charge in [0.15, 0.2) is 0 Å². The molecule has 0 saturated heterocycles. The Kier molecular flexibility index (Phi) is 4.25. The number of hydrogen-bond donors (Lipinski definition) is 1. The van der Waals surface area contributed by atoms with Crippen LogP contribution in [-0.2, 0) is 13.0 Å². The number of benzene rings is 1. The Morgan fingerprint density at radius 1 is 1.32 bits per heavy atom. The molecular formula is C16H25N3. The monoisotopic (exact) mass is 259 g/mol. The molecule has 2 rings (SSSR count). The van der Waals surface area contributed by atoms with Gasteiger partial charge in [-0.1, -0.05) is 26.8 Å². The number of rotatable bonds is 5. The van der Waals surface area contributed by atoms with Crippen LogP contribution in [0.2, 0.25) is 0 Å². The number of nitrogens with two attached hydrogens (primary N) is 1. The molecule has 3 nitrogen and oxygen atoms in total. The molecule has 0 radical (unpaired) electrons. The number of imidazole rings is 1. The van der Waals surface area contributed by atoms with E-state index in [0.717, 1.165) is 30.7 Å². The van der Waals surface area contributed by atoms with E-state index < -0.39 is 0 Å². The number of fused-ring (bicyclic) bond motifs is 1. The lowest BCUT2D eigenvalue weighted by Crippen LogP contribution is -2.30. The van der Waals surface area contributed by atoms with Crippen molar-refractivity contribution in [2.75, 3.05) is 0 Å². The van der Waals surface area contributed by atoms with E-state index in [2.05, 4.69) is 50.5 Å². The van der Waals surface area contributed by atoms with Crippen molar-refractivity contribution >= 4 is 11.0 Å². The molecule has 0 aliphatic carbocycles. The lowest BCUT2D eigenvalue weighted by Gasteiger charge is -2.16. The SMILES string of the molecule is CCCn1c(CC(N)C(C)C)nc2cc(C)ccc21. The van der Waals surface area contributed by atoms with Gasteiger partial charge in [0.05, 0.1) is 11.0 Å². The summed E-state index contributed by atoms with van der Waals surface area (Å²) in [4.78, 5) is 4.80. The molecule has 0 amide bonds. The molecule has 0 fully saturated rings. The Morgan fingerprint density at radius 3 is 2.68 bits per heavy atom. The van der Waals surface area contributed by atoms with Crippen molar-refractivity contribution in [3.8, 4) is 0 Å². The molecule has 2 N–H and O–H groups in total. The van der Waals surface area contributed by atoms with E-state index in [1.54, 1.807) is 0 Å². The predicted octanol–water partition coefficient (Wildman–Crippen LogP) is 3.28. The minimum absolute atomic E-state index is 0.175. The molecule has 0 aliphatic heterocycles. The molecule has 1 aromatic heterocycles. The summed E-state index contributed by atoms with van der Waals surface area (Å²) >= 11 is 0. The third kappa shape index (κ3) is 2.98. The molecule has 1 aromatic carbocycles. The summed E-state index contributed by atoms with van der Waals surface area (Å²) in [5.74, 6) is 1.61. The second-order valence-electron chi connectivity index (χ2n) is 5.78. The van der Waals surface area contributed by atoms with Crippen LogP contribution in [0.25, 0.3) is 11.0 Å². The fraction of sp³-hybridized carbons (Fsp3) is 0.562. The summed E-state index contributed by atoms with van der Waals surface area (Å²) in [6, 6.07) is 6.67. The quantitative estimate of drug-likeness (QED) is 0.895. The van der Waals surface area contributed by atoms with Crippen molar-refractivity contribution in [3.63, 3.8) is 0 Å². The molecule has 1 heterocycles. The van der Waals surface area contributed by atoms with E-state index in [-0.39, 0.29) is 6.04 Å². The minimum atomic E-state index is 0.175. The zero-order valence-corrected chi connectivity index (χ0v) is 12.5. The molecule has 3 heteroatoms. The highest BCUT2D eigenvalue weighted by Crippen LogP contribution is 2.20. The van der Waals surface area contributed by atoms with Crippen molar-refractivity contribution in [3.05, 3.63) is 29.6 Å². The van der Waals surface area contributed by atoms with Crippen LogP contribution >= 0.6 is 0 Å². The van der Waals surface area contributed by atoms with Crippen molar-refractivity contribution in [1.29, 1.82) is 0 Å². The summed E-state index contributed by atoms with van der Waals surface area (Å²) in [5, 5.41) is 0. The average molecular weight is 259 g/mol. The maximum atomic E-state index is 6.21. The highest BCUT2D eigenvalue weighted by atomic mass is 15.1. The van der Waals surface area contributed by atoms with E-state index in [1.165, 1.54) is 11.1 Å². The van der Waals surface area contributed by atoms with Crippen LogP contribution in [-0.4, -0.2) is 15.6 Å². The number of hydrogen-bond acceptors (Lipinski definition) is 2. The molecule has 1 unspecified atom stereocenters. The predicted molar refractivity (Wildman–Crippen MR) is 81.3 cm³/mol. The fourth-order valence-corrected chi connectivity index (χ4v) is 2.37. The Bertz CT molecular complexity index is 554. The lowest BCUT2D eigenvalue weighted by atomic mass is 10.0. The molecule has 0 spiro atoms. The molecule has 19 heavy (non-hydrogen) atoms. The van der Waals surface area contributed by atoms with Gasteiger partial charge in [-0.15, -0.1) is 0 Å². The van der Waals surface area contributed by atoms with E-state index in [4.69, 9.17) is 10.7 Å². The highest BCUT2D eigenvalue weighted by molar-refractivity contribution is 5.76. The smallest absolute Gasteiger partial charge is 0.111 e. The van der Waals surface area contributed by atoms with E-state index in [0.29, 0.717) is 5.92 Å². The maximum Gasteiger partial charge on any atom is 0.111 e.